The fourth-order valence-corrected chi connectivity index (χ4v) is 2.45. The van der Waals surface area contributed by atoms with Gasteiger partial charge in [-0.25, -0.2) is 4.98 Å². The molecule has 0 radical (unpaired) electrons. The van der Waals surface area contributed by atoms with E-state index in [1.54, 1.807) is 7.11 Å². The molecule has 0 saturated carbocycles. The number of benzene rings is 1. The molecule has 2 atom stereocenters. The van der Waals surface area contributed by atoms with Crippen molar-refractivity contribution in [2.24, 2.45) is 0 Å². The maximum atomic E-state index is 5.36. The molecule has 0 bridgehead atoms. The molecular weight excluding hydrogens is 214 g/mol. The average Bonchev–Trinajstić information content (AvgIpc) is 2.95. The number of aromatic nitrogens is 2. The highest BCUT2D eigenvalue weighted by molar-refractivity contribution is 5.78. The highest BCUT2D eigenvalue weighted by atomic mass is 16.5. The summed E-state index contributed by atoms with van der Waals surface area (Å²) in [7, 11) is 1.76. The summed E-state index contributed by atoms with van der Waals surface area (Å²) in [5.41, 5.74) is 3.40. The van der Waals surface area contributed by atoms with E-state index >= 15 is 0 Å². The number of nitrogens with zero attached hydrogens (tertiary/aromatic N) is 1. The lowest BCUT2D eigenvalue weighted by Gasteiger charge is -2.06. The first-order valence-electron chi connectivity index (χ1n) is 5.99. The molecular formula is C13H17N3O. The highest BCUT2D eigenvalue weighted by Gasteiger charge is 2.27. The number of methoxy groups -OCH3 is 1. The van der Waals surface area contributed by atoms with Gasteiger partial charge in [-0.3, -0.25) is 0 Å². The molecule has 3 rings (SSSR count). The molecule has 4 nitrogen and oxygen atoms in total. The second-order valence-corrected chi connectivity index (χ2v) is 4.65. The van der Waals surface area contributed by atoms with E-state index in [0.717, 1.165) is 29.8 Å². The van der Waals surface area contributed by atoms with E-state index in [1.165, 1.54) is 5.56 Å². The van der Waals surface area contributed by atoms with Gasteiger partial charge in [0, 0.05) is 13.7 Å². The van der Waals surface area contributed by atoms with Crippen molar-refractivity contribution < 1.29 is 4.74 Å². The molecule has 1 aliphatic rings. The third-order valence-electron chi connectivity index (χ3n) is 3.49. The van der Waals surface area contributed by atoms with Crippen LogP contribution in [-0.4, -0.2) is 29.7 Å². The predicted octanol–water partition coefficient (Wildman–Crippen LogP) is 1.92. The van der Waals surface area contributed by atoms with Crippen LogP contribution in [0.4, 0.5) is 0 Å². The van der Waals surface area contributed by atoms with Gasteiger partial charge < -0.3 is 15.0 Å². The number of rotatable bonds is 2. The summed E-state index contributed by atoms with van der Waals surface area (Å²) >= 11 is 0. The maximum absolute atomic E-state index is 5.36. The van der Waals surface area contributed by atoms with Crippen LogP contribution in [0.3, 0.4) is 0 Å². The molecule has 0 aliphatic carbocycles. The molecule has 1 saturated heterocycles. The zero-order valence-electron chi connectivity index (χ0n) is 10.2. The Kier molecular flexibility index (Phi) is 2.61. The molecule has 4 heteroatoms. The Morgan fingerprint density at radius 1 is 1.41 bits per heavy atom. The van der Waals surface area contributed by atoms with Crippen LogP contribution >= 0.6 is 0 Å². The number of hydrogen-bond donors (Lipinski definition) is 2. The van der Waals surface area contributed by atoms with Gasteiger partial charge in [0.25, 0.3) is 0 Å². The van der Waals surface area contributed by atoms with Crippen LogP contribution < -0.4 is 5.32 Å². The normalized spacial score (nSPS) is 24.6. The SMILES string of the molecule is COC1CNC(c2nc3c(C)cccc3[nH]2)C1. The molecule has 0 amide bonds. The van der Waals surface area contributed by atoms with Gasteiger partial charge >= 0.3 is 0 Å². The number of H-pyrrole nitrogens is 1. The number of para-hydroxylation sites is 1. The van der Waals surface area contributed by atoms with Gasteiger partial charge in [-0.2, -0.15) is 0 Å². The lowest BCUT2D eigenvalue weighted by Crippen LogP contribution is -2.16. The average molecular weight is 231 g/mol. The second kappa shape index (κ2) is 4.13. The van der Waals surface area contributed by atoms with Gasteiger partial charge in [0.1, 0.15) is 5.82 Å². The van der Waals surface area contributed by atoms with Crippen LogP contribution in [0.5, 0.6) is 0 Å². The number of ether oxygens (including phenoxy) is 1. The summed E-state index contributed by atoms with van der Waals surface area (Å²) < 4.78 is 5.36. The molecule has 2 N–H and O–H groups in total. The van der Waals surface area contributed by atoms with Crippen molar-refractivity contribution in [3.63, 3.8) is 0 Å². The van der Waals surface area contributed by atoms with E-state index in [-0.39, 0.29) is 6.04 Å². The second-order valence-electron chi connectivity index (χ2n) is 4.65. The van der Waals surface area contributed by atoms with E-state index in [4.69, 9.17) is 4.74 Å². The van der Waals surface area contributed by atoms with Gasteiger partial charge in [-0.15, -0.1) is 0 Å². The van der Waals surface area contributed by atoms with Crippen molar-refractivity contribution in [1.29, 1.82) is 0 Å². The molecule has 1 fully saturated rings. The first-order valence-corrected chi connectivity index (χ1v) is 5.99. The van der Waals surface area contributed by atoms with Gasteiger partial charge in [0.05, 0.1) is 23.2 Å². The third kappa shape index (κ3) is 1.83. The molecule has 2 aromatic rings. The van der Waals surface area contributed by atoms with Gasteiger partial charge in [-0.1, -0.05) is 12.1 Å². The van der Waals surface area contributed by atoms with Crippen LogP contribution in [0.15, 0.2) is 18.2 Å². The first-order chi connectivity index (χ1) is 8.28. The predicted molar refractivity (Wildman–Crippen MR) is 67.0 cm³/mol. The summed E-state index contributed by atoms with van der Waals surface area (Å²) in [6, 6.07) is 6.50. The zero-order valence-corrected chi connectivity index (χ0v) is 10.2. The van der Waals surface area contributed by atoms with E-state index < -0.39 is 0 Å². The number of imidazole rings is 1. The molecule has 2 heterocycles. The molecule has 1 aromatic heterocycles. The van der Waals surface area contributed by atoms with Crippen molar-refractivity contribution in [3.05, 3.63) is 29.6 Å². The summed E-state index contributed by atoms with van der Waals surface area (Å²) in [5, 5.41) is 3.44. The Morgan fingerprint density at radius 2 is 2.29 bits per heavy atom. The molecule has 1 aliphatic heterocycles. The van der Waals surface area contributed by atoms with Crippen LogP contribution in [0.1, 0.15) is 23.9 Å². The van der Waals surface area contributed by atoms with Crippen LogP contribution in [0.25, 0.3) is 11.0 Å². The summed E-state index contributed by atoms with van der Waals surface area (Å²) in [6.07, 6.45) is 1.28. The highest BCUT2D eigenvalue weighted by Crippen LogP contribution is 2.25. The molecule has 0 spiro atoms. The maximum Gasteiger partial charge on any atom is 0.124 e. The molecule has 17 heavy (non-hydrogen) atoms. The fraction of sp³-hybridized carbons (Fsp3) is 0.462. The van der Waals surface area contributed by atoms with Crippen molar-refractivity contribution >= 4 is 11.0 Å². The van der Waals surface area contributed by atoms with Crippen LogP contribution in [0, 0.1) is 6.92 Å². The number of aryl methyl sites for hydroxylation is 1. The van der Waals surface area contributed by atoms with Crippen LogP contribution in [0.2, 0.25) is 0 Å². The number of hydrogen-bond acceptors (Lipinski definition) is 3. The molecule has 2 unspecified atom stereocenters. The minimum Gasteiger partial charge on any atom is -0.380 e. The van der Waals surface area contributed by atoms with Crippen molar-refractivity contribution in [1.82, 2.24) is 15.3 Å². The van der Waals surface area contributed by atoms with Gasteiger partial charge in [0.2, 0.25) is 0 Å². The number of aromatic amines is 1. The quantitative estimate of drug-likeness (QED) is 0.830. The fourth-order valence-electron chi connectivity index (χ4n) is 2.45. The van der Waals surface area contributed by atoms with Gasteiger partial charge in [0.15, 0.2) is 0 Å². The molecule has 90 valence electrons. The Bertz CT molecular complexity index is 534. The van der Waals surface area contributed by atoms with Crippen molar-refractivity contribution in [2.45, 2.75) is 25.5 Å². The third-order valence-corrected chi connectivity index (χ3v) is 3.49. The van der Waals surface area contributed by atoms with Crippen molar-refractivity contribution in [3.8, 4) is 0 Å². The Balaban J connectivity index is 1.94. The zero-order chi connectivity index (χ0) is 11.8. The Hall–Kier alpha value is -1.39. The summed E-state index contributed by atoms with van der Waals surface area (Å²) in [5.74, 6) is 1.02. The van der Waals surface area contributed by atoms with E-state index in [2.05, 4.69) is 40.4 Å². The Morgan fingerprint density at radius 3 is 3.00 bits per heavy atom. The van der Waals surface area contributed by atoms with E-state index in [0.29, 0.717) is 6.10 Å². The standard InChI is InChI=1S/C13H17N3O/c1-8-4-3-5-10-12(8)16-13(15-10)11-6-9(17-2)7-14-11/h3-5,9,11,14H,6-7H2,1-2H3,(H,15,16). The smallest absolute Gasteiger partial charge is 0.124 e. The largest absolute Gasteiger partial charge is 0.380 e. The summed E-state index contributed by atoms with van der Waals surface area (Å²) in [6.45, 7) is 2.99. The number of nitrogens with one attached hydrogen (secondary N) is 2. The monoisotopic (exact) mass is 231 g/mol. The van der Waals surface area contributed by atoms with Crippen molar-refractivity contribution in [2.75, 3.05) is 13.7 Å². The number of fused-ring (bicyclic) bond motifs is 1. The van der Waals surface area contributed by atoms with Crippen LogP contribution in [-0.2, 0) is 4.74 Å². The lowest BCUT2D eigenvalue weighted by molar-refractivity contribution is 0.117. The first kappa shape index (κ1) is 10.7. The van der Waals surface area contributed by atoms with Gasteiger partial charge in [-0.05, 0) is 25.0 Å². The topological polar surface area (TPSA) is 49.9 Å². The minimum absolute atomic E-state index is 0.284. The lowest BCUT2D eigenvalue weighted by atomic mass is 10.2. The minimum atomic E-state index is 0.284. The van der Waals surface area contributed by atoms with E-state index in [9.17, 15) is 0 Å². The Labute approximate surface area is 100 Å². The van der Waals surface area contributed by atoms with E-state index in [1.807, 2.05) is 0 Å². The summed E-state index contributed by atoms with van der Waals surface area (Å²) in [4.78, 5) is 8.08. The molecule has 1 aromatic carbocycles.